The Labute approximate surface area is 96.0 Å². The summed E-state index contributed by atoms with van der Waals surface area (Å²) >= 11 is 0. The molecule has 5 nitrogen and oxygen atoms in total. The lowest BCUT2D eigenvalue weighted by molar-refractivity contribution is -0.140. The molecule has 0 fully saturated rings. The van der Waals surface area contributed by atoms with E-state index in [2.05, 4.69) is 16.1 Å². The Bertz CT molecular complexity index is 222. The van der Waals surface area contributed by atoms with Crippen molar-refractivity contribution in [1.29, 1.82) is 0 Å². The summed E-state index contributed by atoms with van der Waals surface area (Å²) in [4.78, 5) is 20.4. The third-order valence-corrected chi connectivity index (χ3v) is 1.23. The van der Waals surface area contributed by atoms with Gasteiger partial charge in [-0.1, -0.05) is 6.58 Å². The summed E-state index contributed by atoms with van der Waals surface area (Å²) < 4.78 is 9.05. The summed E-state index contributed by atoms with van der Waals surface area (Å²) in [5.74, 6) is -0.606. The minimum atomic E-state index is -0.395. The molecule has 0 saturated heterocycles. The molecule has 0 atom stereocenters. The van der Waals surface area contributed by atoms with E-state index in [0.29, 0.717) is 18.6 Å². The zero-order chi connectivity index (χ0) is 13.0. The van der Waals surface area contributed by atoms with Crippen LogP contribution in [0.5, 0.6) is 0 Å². The van der Waals surface area contributed by atoms with Crippen molar-refractivity contribution < 1.29 is 24.2 Å². The first-order valence-electron chi connectivity index (χ1n) is 5.02. The number of hydrogen-bond acceptors (Lipinski definition) is 5. The highest BCUT2D eigenvalue weighted by molar-refractivity contribution is 5.86. The second-order valence-electron chi connectivity index (χ2n) is 2.92. The van der Waals surface area contributed by atoms with E-state index < -0.39 is 5.97 Å². The Kier molecular flexibility index (Phi) is 12.5. The first-order valence-corrected chi connectivity index (χ1v) is 5.02. The number of hydrogen-bond donors (Lipinski definition) is 1. The topological polar surface area (TPSA) is 72.8 Å². The second kappa shape index (κ2) is 11.7. The number of carbonyl (C=O) groups excluding carboxylic acids is 2. The average molecular weight is 232 g/mol. The molecule has 0 aromatic carbocycles. The van der Waals surface area contributed by atoms with Crippen LogP contribution in [-0.2, 0) is 19.1 Å². The molecule has 0 bridgehead atoms. The molecule has 0 aliphatic carbocycles. The Morgan fingerprint density at radius 3 is 2.06 bits per heavy atom. The van der Waals surface area contributed by atoms with Gasteiger partial charge in [0.2, 0.25) is 0 Å². The van der Waals surface area contributed by atoms with Gasteiger partial charge in [0, 0.05) is 25.5 Å². The first kappa shape index (κ1) is 17.0. The average Bonchev–Trinajstić information content (AvgIpc) is 2.18. The lowest BCUT2D eigenvalue weighted by Gasteiger charge is -2.00. The Balaban J connectivity index is 0. The number of ether oxygens (including phenoxy) is 2. The molecule has 1 N–H and O–H groups in total. The van der Waals surface area contributed by atoms with E-state index in [4.69, 9.17) is 5.11 Å². The molecule has 0 aromatic heterocycles. The molecule has 0 amide bonds. The van der Waals surface area contributed by atoms with Crippen molar-refractivity contribution in [1.82, 2.24) is 0 Å². The van der Waals surface area contributed by atoms with Crippen molar-refractivity contribution in [3.8, 4) is 0 Å². The summed E-state index contributed by atoms with van der Waals surface area (Å²) in [7, 11) is 0. The number of rotatable bonds is 5. The maximum absolute atomic E-state index is 10.6. The van der Waals surface area contributed by atoms with E-state index in [9.17, 15) is 9.59 Å². The smallest absolute Gasteiger partial charge is 0.333 e. The molecule has 16 heavy (non-hydrogen) atoms. The molecular weight excluding hydrogens is 212 g/mol. The lowest BCUT2D eigenvalue weighted by atomic mass is 10.4. The predicted octanol–water partition coefficient (Wildman–Crippen LogP) is 1.06. The molecule has 0 radical (unpaired) electrons. The van der Waals surface area contributed by atoms with Crippen LogP contribution in [0.3, 0.4) is 0 Å². The van der Waals surface area contributed by atoms with Gasteiger partial charge in [-0.2, -0.15) is 0 Å². The van der Waals surface area contributed by atoms with Crippen molar-refractivity contribution in [2.24, 2.45) is 0 Å². The summed E-state index contributed by atoms with van der Waals surface area (Å²) in [6.07, 6.45) is 0.485. The molecular formula is C11H20O5. The summed E-state index contributed by atoms with van der Waals surface area (Å²) in [5, 5.41) is 8.30. The van der Waals surface area contributed by atoms with E-state index in [-0.39, 0.29) is 19.2 Å². The Hall–Kier alpha value is -1.36. The number of esters is 2. The van der Waals surface area contributed by atoms with Gasteiger partial charge < -0.3 is 14.6 Å². The van der Waals surface area contributed by atoms with Gasteiger partial charge >= 0.3 is 11.9 Å². The predicted molar refractivity (Wildman–Crippen MR) is 59.8 cm³/mol. The van der Waals surface area contributed by atoms with E-state index >= 15 is 0 Å². The molecule has 0 spiro atoms. The summed E-state index contributed by atoms with van der Waals surface area (Å²) in [5.41, 5.74) is 0.387. The van der Waals surface area contributed by atoms with E-state index in [1.165, 1.54) is 6.92 Å². The fraction of sp³-hybridized carbons (Fsp3) is 0.636. The van der Waals surface area contributed by atoms with Gasteiger partial charge in [0.1, 0.15) is 0 Å². The van der Waals surface area contributed by atoms with Gasteiger partial charge in [0.15, 0.2) is 0 Å². The second-order valence-corrected chi connectivity index (χ2v) is 2.92. The number of carbonyl (C=O) groups is 2. The van der Waals surface area contributed by atoms with Crippen LogP contribution in [0.25, 0.3) is 0 Å². The van der Waals surface area contributed by atoms with Crippen LogP contribution in [0.4, 0.5) is 0 Å². The van der Waals surface area contributed by atoms with Crippen molar-refractivity contribution in [3.63, 3.8) is 0 Å². The summed E-state index contributed by atoms with van der Waals surface area (Å²) in [6.45, 7) is 8.95. The molecule has 0 saturated carbocycles. The third-order valence-electron chi connectivity index (χ3n) is 1.23. The van der Waals surface area contributed by atoms with Crippen LogP contribution in [0, 0.1) is 0 Å². The SMILES string of the molecule is C=C(C)C(=O)OCCCO.CCOC(C)=O. The van der Waals surface area contributed by atoms with Crippen molar-refractivity contribution in [3.05, 3.63) is 12.2 Å². The fourth-order valence-electron chi connectivity index (χ4n) is 0.556. The molecule has 0 aromatic rings. The fourth-order valence-corrected chi connectivity index (χ4v) is 0.556. The van der Waals surface area contributed by atoms with Crippen LogP contribution < -0.4 is 0 Å². The number of aliphatic hydroxyl groups is 1. The summed E-state index contributed by atoms with van der Waals surface area (Å²) in [6, 6.07) is 0. The van der Waals surface area contributed by atoms with E-state index in [1.807, 2.05) is 0 Å². The van der Waals surface area contributed by atoms with Crippen molar-refractivity contribution in [2.75, 3.05) is 19.8 Å². The Morgan fingerprint density at radius 1 is 1.25 bits per heavy atom. The third kappa shape index (κ3) is 15.1. The highest BCUT2D eigenvalue weighted by Gasteiger charge is 2.00. The largest absolute Gasteiger partial charge is 0.466 e. The zero-order valence-electron chi connectivity index (χ0n) is 10.1. The van der Waals surface area contributed by atoms with Gasteiger partial charge in [-0.05, 0) is 13.8 Å². The van der Waals surface area contributed by atoms with Crippen LogP contribution >= 0.6 is 0 Å². The van der Waals surface area contributed by atoms with Crippen LogP contribution in [0.2, 0.25) is 0 Å². The van der Waals surface area contributed by atoms with Gasteiger partial charge in [-0.3, -0.25) is 4.79 Å². The van der Waals surface area contributed by atoms with E-state index in [1.54, 1.807) is 13.8 Å². The van der Waals surface area contributed by atoms with Crippen LogP contribution in [-0.4, -0.2) is 36.9 Å². The maximum Gasteiger partial charge on any atom is 0.333 e. The van der Waals surface area contributed by atoms with Crippen molar-refractivity contribution >= 4 is 11.9 Å². The monoisotopic (exact) mass is 232 g/mol. The standard InChI is InChI=1S/C7H12O3.C4H8O2/c1-6(2)7(9)10-5-3-4-8;1-3-6-4(2)5/h8H,1,3-5H2,2H3;3H2,1-2H3. The highest BCUT2D eigenvalue weighted by Crippen LogP contribution is 1.92. The van der Waals surface area contributed by atoms with Gasteiger partial charge in [0.25, 0.3) is 0 Å². The van der Waals surface area contributed by atoms with Gasteiger partial charge in [-0.25, -0.2) is 4.79 Å². The quantitative estimate of drug-likeness (QED) is 0.436. The van der Waals surface area contributed by atoms with Crippen LogP contribution in [0.15, 0.2) is 12.2 Å². The molecule has 0 rings (SSSR count). The molecule has 94 valence electrons. The van der Waals surface area contributed by atoms with Crippen molar-refractivity contribution in [2.45, 2.75) is 27.2 Å². The zero-order valence-corrected chi connectivity index (χ0v) is 10.1. The minimum Gasteiger partial charge on any atom is -0.466 e. The normalized spacial score (nSPS) is 8.50. The van der Waals surface area contributed by atoms with Gasteiger partial charge in [-0.15, -0.1) is 0 Å². The molecule has 0 aliphatic heterocycles. The molecule has 5 heteroatoms. The lowest BCUT2D eigenvalue weighted by Crippen LogP contribution is -2.06. The maximum atomic E-state index is 10.6. The number of aliphatic hydroxyl groups excluding tert-OH is 1. The van der Waals surface area contributed by atoms with Gasteiger partial charge in [0.05, 0.1) is 13.2 Å². The molecule has 0 unspecified atom stereocenters. The van der Waals surface area contributed by atoms with Crippen LogP contribution in [0.1, 0.15) is 27.2 Å². The minimum absolute atomic E-state index is 0.0451. The first-order chi connectivity index (χ1) is 7.45. The van der Waals surface area contributed by atoms with E-state index in [0.717, 1.165) is 0 Å². The Morgan fingerprint density at radius 2 is 1.81 bits per heavy atom. The molecule has 0 heterocycles. The molecule has 0 aliphatic rings. The highest BCUT2D eigenvalue weighted by atomic mass is 16.5.